The van der Waals surface area contributed by atoms with Gasteiger partial charge in [-0.2, -0.15) is 0 Å². The third-order valence-corrected chi connectivity index (χ3v) is 3.50. The minimum atomic E-state index is -1.09. The lowest BCUT2D eigenvalue weighted by molar-refractivity contribution is 0.0696. The van der Waals surface area contributed by atoms with Crippen molar-refractivity contribution in [1.82, 2.24) is 4.98 Å². The first-order chi connectivity index (χ1) is 9.13. The van der Waals surface area contributed by atoms with E-state index in [2.05, 4.69) is 11.1 Å². The van der Waals surface area contributed by atoms with Crippen molar-refractivity contribution >= 4 is 5.97 Å². The van der Waals surface area contributed by atoms with Crippen molar-refractivity contribution in [2.45, 2.75) is 19.3 Å². The number of carboxylic acids is 1. The van der Waals surface area contributed by atoms with Crippen LogP contribution in [-0.2, 0) is 12.8 Å². The first-order valence-corrected chi connectivity index (χ1v) is 6.23. The maximum absolute atomic E-state index is 11.5. The van der Waals surface area contributed by atoms with Gasteiger partial charge in [-0.15, -0.1) is 0 Å². The summed E-state index contributed by atoms with van der Waals surface area (Å²) in [6.07, 6.45) is 3.30. The number of hydrogen-bond acceptors (Lipinski definition) is 2. The molecule has 0 atom stereocenters. The number of carbonyl (C=O) groups is 1. The summed E-state index contributed by atoms with van der Waals surface area (Å²) in [6.45, 7) is 0. The molecule has 4 nitrogen and oxygen atoms in total. The molecule has 1 aliphatic rings. The average molecular weight is 255 g/mol. The largest absolute Gasteiger partial charge is 0.478 e. The number of benzene rings is 1. The van der Waals surface area contributed by atoms with E-state index in [9.17, 15) is 9.59 Å². The van der Waals surface area contributed by atoms with Crippen LogP contribution in [0.2, 0.25) is 0 Å². The Hall–Kier alpha value is -2.36. The monoisotopic (exact) mass is 255 g/mol. The van der Waals surface area contributed by atoms with E-state index in [1.807, 2.05) is 12.1 Å². The van der Waals surface area contributed by atoms with Crippen molar-refractivity contribution in [3.8, 4) is 11.3 Å². The second kappa shape index (κ2) is 4.39. The molecule has 1 aromatic carbocycles. The fraction of sp³-hybridized carbons (Fsp3) is 0.200. The lowest BCUT2D eigenvalue weighted by Gasteiger charge is -2.06. The van der Waals surface area contributed by atoms with E-state index in [0.29, 0.717) is 5.69 Å². The summed E-state index contributed by atoms with van der Waals surface area (Å²) in [5.41, 5.74) is 3.68. The molecule has 2 N–H and O–H groups in total. The molecule has 19 heavy (non-hydrogen) atoms. The number of pyridine rings is 1. The highest BCUT2D eigenvalue weighted by Gasteiger charge is 2.13. The van der Waals surface area contributed by atoms with Crippen LogP contribution in [0.4, 0.5) is 0 Å². The van der Waals surface area contributed by atoms with Gasteiger partial charge in [0.05, 0.1) is 5.56 Å². The molecule has 3 rings (SSSR count). The van der Waals surface area contributed by atoms with Crippen LogP contribution in [0, 0.1) is 0 Å². The second-order valence-corrected chi connectivity index (χ2v) is 4.79. The SMILES string of the molecule is O=C(O)c1cc(-c2ccc3c(c2)CCC3)[nH]c(=O)c1. The Labute approximate surface area is 109 Å². The van der Waals surface area contributed by atoms with Gasteiger partial charge in [0.15, 0.2) is 0 Å². The highest BCUT2D eigenvalue weighted by molar-refractivity contribution is 5.88. The fourth-order valence-electron chi connectivity index (χ4n) is 2.56. The van der Waals surface area contributed by atoms with Crippen LogP contribution in [0.5, 0.6) is 0 Å². The Morgan fingerprint density at radius 2 is 1.89 bits per heavy atom. The van der Waals surface area contributed by atoms with Crippen LogP contribution >= 0.6 is 0 Å². The number of carboxylic acid groups (broad SMARTS) is 1. The number of fused-ring (bicyclic) bond motifs is 1. The van der Waals surface area contributed by atoms with Gasteiger partial charge < -0.3 is 10.1 Å². The van der Waals surface area contributed by atoms with Crippen molar-refractivity contribution in [2.75, 3.05) is 0 Å². The molecule has 0 radical (unpaired) electrons. The lowest BCUT2D eigenvalue weighted by Crippen LogP contribution is -2.10. The normalized spacial score (nSPS) is 13.3. The van der Waals surface area contributed by atoms with Crippen LogP contribution in [0.25, 0.3) is 11.3 Å². The first-order valence-electron chi connectivity index (χ1n) is 6.23. The third-order valence-electron chi connectivity index (χ3n) is 3.50. The molecule has 0 bridgehead atoms. The predicted molar refractivity (Wildman–Crippen MR) is 71.5 cm³/mol. The zero-order chi connectivity index (χ0) is 13.4. The Kier molecular flexibility index (Phi) is 2.71. The van der Waals surface area contributed by atoms with Crippen molar-refractivity contribution in [3.63, 3.8) is 0 Å². The first kappa shape index (κ1) is 11.7. The van der Waals surface area contributed by atoms with Crippen LogP contribution in [0.3, 0.4) is 0 Å². The molecular weight excluding hydrogens is 242 g/mol. The maximum Gasteiger partial charge on any atom is 0.335 e. The Bertz CT molecular complexity index is 716. The molecule has 4 heteroatoms. The topological polar surface area (TPSA) is 70.2 Å². The number of aromatic amines is 1. The molecule has 0 saturated carbocycles. The van der Waals surface area contributed by atoms with Crippen LogP contribution in [-0.4, -0.2) is 16.1 Å². The summed E-state index contributed by atoms with van der Waals surface area (Å²) in [7, 11) is 0. The minimum absolute atomic E-state index is 0.0132. The highest BCUT2D eigenvalue weighted by Crippen LogP contribution is 2.27. The van der Waals surface area contributed by atoms with Crippen LogP contribution in [0.1, 0.15) is 27.9 Å². The lowest BCUT2D eigenvalue weighted by atomic mass is 10.0. The number of H-pyrrole nitrogens is 1. The predicted octanol–water partition coefficient (Wildman–Crippen LogP) is 2.23. The van der Waals surface area contributed by atoms with Gasteiger partial charge in [0.25, 0.3) is 0 Å². The Morgan fingerprint density at radius 3 is 2.68 bits per heavy atom. The van der Waals surface area contributed by atoms with Crippen LogP contribution < -0.4 is 5.56 Å². The van der Waals surface area contributed by atoms with E-state index in [4.69, 9.17) is 5.11 Å². The van der Waals surface area contributed by atoms with E-state index in [1.165, 1.54) is 17.2 Å². The van der Waals surface area contributed by atoms with Gasteiger partial charge >= 0.3 is 5.97 Å². The molecule has 0 spiro atoms. The molecule has 96 valence electrons. The molecule has 0 unspecified atom stereocenters. The summed E-state index contributed by atoms with van der Waals surface area (Å²) in [5.74, 6) is -1.09. The maximum atomic E-state index is 11.5. The highest BCUT2D eigenvalue weighted by atomic mass is 16.4. The summed E-state index contributed by atoms with van der Waals surface area (Å²) < 4.78 is 0. The number of aromatic carboxylic acids is 1. The Morgan fingerprint density at radius 1 is 1.11 bits per heavy atom. The van der Waals surface area contributed by atoms with Crippen molar-refractivity contribution in [3.05, 3.63) is 57.4 Å². The number of nitrogens with one attached hydrogen (secondary N) is 1. The second-order valence-electron chi connectivity index (χ2n) is 4.79. The summed E-state index contributed by atoms with van der Waals surface area (Å²) in [4.78, 5) is 25.2. The summed E-state index contributed by atoms with van der Waals surface area (Å²) in [5, 5.41) is 8.98. The Balaban J connectivity index is 2.11. The molecular formula is C15H13NO3. The molecule has 2 aromatic rings. The van der Waals surface area contributed by atoms with Crippen LogP contribution in [0.15, 0.2) is 35.1 Å². The summed E-state index contributed by atoms with van der Waals surface area (Å²) in [6, 6.07) is 8.63. The van der Waals surface area contributed by atoms with Gasteiger partial charge in [-0.05, 0) is 48.1 Å². The van der Waals surface area contributed by atoms with Crippen molar-refractivity contribution in [2.24, 2.45) is 0 Å². The molecule has 0 aliphatic heterocycles. The summed E-state index contributed by atoms with van der Waals surface area (Å²) >= 11 is 0. The molecule has 1 heterocycles. The van der Waals surface area contributed by atoms with Gasteiger partial charge in [-0.25, -0.2) is 4.79 Å². The molecule has 0 amide bonds. The number of aromatic nitrogens is 1. The quantitative estimate of drug-likeness (QED) is 0.864. The molecule has 0 saturated heterocycles. The molecule has 1 aliphatic carbocycles. The van der Waals surface area contributed by atoms with Gasteiger partial charge in [0, 0.05) is 11.8 Å². The zero-order valence-electron chi connectivity index (χ0n) is 10.3. The average Bonchev–Trinajstić information content (AvgIpc) is 2.85. The van der Waals surface area contributed by atoms with Gasteiger partial charge in [0.1, 0.15) is 0 Å². The standard InChI is InChI=1S/C15H13NO3/c17-14-8-12(15(18)19)7-13(16-14)11-5-4-9-2-1-3-10(9)6-11/h4-8H,1-3H2,(H,16,17)(H,18,19). The van der Waals surface area contributed by atoms with E-state index in [0.717, 1.165) is 30.9 Å². The zero-order valence-corrected chi connectivity index (χ0v) is 10.3. The van der Waals surface area contributed by atoms with Gasteiger partial charge in [-0.1, -0.05) is 12.1 Å². The van der Waals surface area contributed by atoms with E-state index < -0.39 is 11.5 Å². The number of hydrogen-bond donors (Lipinski definition) is 2. The minimum Gasteiger partial charge on any atom is -0.478 e. The van der Waals surface area contributed by atoms with Gasteiger partial charge in [-0.3, -0.25) is 4.79 Å². The number of rotatable bonds is 2. The molecule has 1 aromatic heterocycles. The fourth-order valence-corrected chi connectivity index (χ4v) is 2.56. The van der Waals surface area contributed by atoms with Gasteiger partial charge in [0.2, 0.25) is 5.56 Å². The van der Waals surface area contributed by atoms with Crippen molar-refractivity contribution in [1.29, 1.82) is 0 Å². The third kappa shape index (κ3) is 2.17. The van der Waals surface area contributed by atoms with E-state index in [-0.39, 0.29) is 5.56 Å². The van der Waals surface area contributed by atoms with E-state index >= 15 is 0 Å². The van der Waals surface area contributed by atoms with Crippen molar-refractivity contribution < 1.29 is 9.90 Å². The van der Waals surface area contributed by atoms with E-state index in [1.54, 1.807) is 0 Å². The smallest absolute Gasteiger partial charge is 0.335 e. The number of aryl methyl sites for hydroxylation is 2. The molecule has 0 fully saturated rings.